The van der Waals surface area contributed by atoms with Crippen LogP contribution in [0.4, 0.5) is 13.2 Å². The molecule has 1 amide bonds. The van der Waals surface area contributed by atoms with Crippen LogP contribution in [0.2, 0.25) is 0 Å². The van der Waals surface area contributed by atoms with Gasteiger partial charge in [-0.2, -0.15) is 17.5 Å². The first-order valence-corrected chi connectivity index (χ1v) is 13.6. The SMILES string of the molecule is CCS(=O)(=O)c1cc(Oc2ccccn2)cnc1-c1nc2cc(S(=O)(=NC(C)=O)C(F)(F)F)ccc2o1. The predicted octanol–water partition coefficient (Wildman–Crippen LogP) is 4.76. The molecule has 0 radical (unpaired) electrons. The van der Waals surface area contributed by atoms with Crippen molar-refractivity contribution in [2.75, 3.05) is 5.75 Å². The van der Waals surface area contributed by atoms with Crippen molar-refractivity contribution in [1.29, 1.82) is 0 Å². The molecule has 0 spiro atoms. The number of hydrogen-bond donors (Lipinski definition) is 0. The fraction of sp³-hybridized carbons (Fsp3) is 0.182. The van der Waals surface area contributed by atoms with Gasteiger partial charge in [0.1, 0.15) is 21.9 Å². The number of rotatable bonds is 6. The van der Waals surface area contributed by atoms with Crippen LogP contribution in [0.3, 0.4) is 0 Å². The molecule has 1 aromatic carbocycles. The number of fused-ring (bicyclic) bond motifs is 1. The summed E-state index contributed by atoms with van der Waals surface area (Å²) in [5.74, 6) is -1.64. The zero-order chi connectivity index (χ0) is 27.0. The molecule has 0 fully saturated rings. The lowest BCUT2D eigenvalue weighted by Gasteiger charge is -2.12. The van der Waals surface area contributed by atoms with Gasteiger partial charge in [0.05, 0.1) is 16.8 Å². The van der Waals surface area contributed by atoms with E-state index < -0.39 is 35.9 Å². The highest BCUT2D eigenvalue weighted by molar-refractivity contribution is 7.94. The van der Waals surface area contributed by atoms with Crippen molar-refractivity contribution in [3.05, 3.63) is 54.9 Å². The molecule has 1 atom stereocenters. The second-order valence-electron chi connectivity index (χ2n) is 7.42. The summed E-state index contributed by atoms with van der Waals surface area (Å²) in [6, 6.07) is 8.82. The van der Waals surface area contributed by atoms with E-state index in [4.69, 9.17) is 9.15 Å². The van der Waals surface area contributed by atoms with Gasteiger partial charge in [0.15, 0.2) is 25.1 Å². The second-order valence-corrected chi connectivity index (χ2v) is 11.8. The number of benzene rings is 1. The van der Waals surface area contributed by atoms with Gasteiger partial charge in [0.25, 0.3) is 5.91 Å². The van der Waals surface area contributed by atoms with Gasteiger partial charge in [-0.05, 0) is 24.3 Å². The van der Waals surface area contributed by atoms with Crippen molar-refractivity contribution in [2.45, 2.75) is 29.1 Å². The summed E-state index contributed by atoms with van der Waals surface area (Å²) in [5.41, 5.74) is -5.77. The first-order valence-electron chi connectivity index (χ1n) is 10.4. The minimum absolute atomic E-state index is 0.0408. The number of oxazole rings is 1. The first kappa shape index (κ1) is 26.2. The minimum atomic E-state index is -5.34. The van der Waals surface area contributed by atoms with Crippen LogP contribution in [0.5, 0.6) is 11.6 Å². The molecule has 0 bridgehead atoms. The largest absolute Gasteiger partial charge is 0.484 e. The Balaban J connectivity index is 1.85. The summed E-state index contributed by atoms with van der Waals surface area (Å²) in [5, 5.41) is 0. The van der Waals surface area contributed by atoms with Crippen LogP contribution < -0.4 is 4.74 Å². The molecule has 0 aliphatic carbocycles. The van der Waals surface area contributed by atoms with E-state index in [1.54, 1.807) is 18.2 Å². The lowest BCUT2D eigenvalue weighted by molar-refractivity contribution is -0.115. The molecule has 0 aliphatic heterocycles. The van der Waals surface area contributed by atoms with E-state index in [9.17, 15) is 30.6 Å². The van der Waals surface area contributed by atoms with Crippen molar-refractivity contribution in [2.24, 2.45) is 4.36 Å². The molecular formula is C22H17F3N4O6S2. The molecule has 0 aliphatic rings. The number of pyridine rings is 2. The van der Waals surface area contributed by atoms with E-state index in [1.165, 1.54) is 25.4 Å². The quantitative estimate of drug-likeness (QED) is 0.330. The number of nitrogens with zero attached hydrogens (tertiary/aromatic N) is 4. The summed E-state index contributed by atoms with van der Waals surface area (Å²) in [6.07, 6.45) is 2.69. The number of aromatic nitrogens is 3. The topological polar surface area (TPSA) is 142 Å². The van der Waals surface area contributed by atoms with Gasteiger partial charge in [-0.15, -0.1) is 0 Å². The monoisotopic (exact) mass is 554 g/mol. The zero-order valence-electron chi connectivity index (χ0n) is 19.1. The number of carbonyl (C=O) groups excluding carboxylic acids is 1. The van der Waals surface area contributed by atoms with Crippen molar-refractivity contribution in [3.63, 3.8) is 0 Å². The average molecular weight is 555 g/mol. The van der Waals surface area contributed by atoms with Crippen molar-refractivity contribution < 1.29 is 39.7 Å². The molecule has 3 heterocycles. The number of amides is 1. The molecule has 0 N–H and O–H groups in total. The Morgan fingerprint density at radius 1 is 1.11 bits per heavy atom. The molecule has 0 saturated heterocycles. The molecule has 194 valence electrons. The summed E-state index contributed by atoms with van der Waals surface area (Å²) in [6.45, 7) is 2.16. The Morgan fingerprint density at radius 3 is 2.49 bits per heavy atom. The molecule has 1 unspecified atom stereocenters. The maximum atomic E-state index is 13.6. The Labute approximate surface area is 208 Å². The second kappa shape index (κ2) is 9.55. The Hall–Kier alpha value is -3.85. The molecule has 15 heteroatoms. The van der Waals surface area contributed by atoms with Crippen LogP contribution in [-0.2, 0) is 24.4 Å². The predicted molar refractivity (Wildman–Crippen MR) is 125 cm³/mol. The molecule has 3 aromatic heterocycles. The maximum absolute atomic E-state index is 13.6. The van der Waals surface area contributed by atoms with Gasteiger partial charge < -0.3 is 9.15 Å². The van der Waals surface area contributed by atoms with E-state index in [1.807, 2.05) is 0 Å². The molecular weight excluding hydrogens is 537 g/mol. The van der Waals surface area contributed by atoms with Crippen molar-refractivity contribution in [1.82, 2.24) is 15.0 Å². The Bertz CT molecular complexity index is 1730. The van der Waals surface area contributed by atoms with Gasteiger partial charge in [-0.3, -0.25) is 4.79 Å². The maximum Gasteiger partial charge on any atom is 0.484 e. The number of sulfone groups is 1. The summed E-state index contributed by atoms with van der Waals surface area (Å²) >= 11 is 0. The molecule has 4 aromatic rings. The van der Waals surface area contributed by atoms with Crippen LogP contribution in [0.25, 0.3) is 22.7 Å². The number of halogens is 3. The number of ether oxygens (including phenoxy) is 1. The number of alkyl halides is 3. The van der Waals surface area contributed by atoms with E-state index in [0.29, 0.717) is 0 Å². The third-order valence-electron chi connectivity index (χ3n) is 4.85. The lowest BCUT2D eigenvalue weighted by atomic mass is 10.3. The third-order valence-corrected chi connectivity index (χ3v) is 8.63. The van der Waals surface area contributed by atoms with Crippen LogP contribution in [0.1, 0.15) is 13.8 Å². The zero-order valence-corrected chi connectivity index (χ0v) is 20.7. The fourth-order valence-corrected chi connectivity index (χ4v) is 5.57. The highest BCUT2D eigenvalue weighted by Crippen LogP contribution is 2.36. The van der Waals surface area contributed by atoms with Crippen LogP contribution in [0, 0.1) is 0 Å². The molecule has 4 rings (SSSR count). The summed E-state index contributed by atoms with van der Waals surface area (Å²) < 4.78 is 93.0. The standard InChI is InChI=1S/C22H17F3N4O6S2/c1-3-36(31,32)18-10-14(34-19-6-4-5-9-26-19)12-27-20(18)21-28-16-11-15(7-8-17(16)35-21)37(33,22(23,24)25)29-13(2)30/h4-12H,3H2,1-2H3. The highest BCUT2D eigenvalue weighted by Gasteiger charge is 2.45. The van der Waals surface area contributed by atoms with Crippen LogP contribution >= 0.6 is 0 Å². The average Bonchev–Trinajstić information content (AvgIpc) is 3.27. The number of carbonyl (C=O) groups is 1. The van der Waals surface area contributed by atoms with Crippen LogP contribution in [0.15, 0.2) is 73.4 Å². The van der Waals surface area contributed by atoms with E-state index >= 15 is 0 Å². The smallest absolute Gasteiger partial charge is 0.437 e. The molecule has 37 heavy (non-hydrogen) atoms. The fourth-order valence-electron chi connectivity index (χ4n) is 3.16. The number of hydrogen-bond acceptors (Lipinski definition) is 9. The summed E-state index contributed by atoms with van der Waals surface area (Å²) in [4.78, 5) is 22.4. The first-order chi connectivity index (χ1) is 17.3. The van der Waals surface area contributed by atoms with Gasteiger partial charge >= 0.3 is 5.51 Å². The third kappa shape index (κ3) is 5.17. The van der Waals surface area contributed by atoms with Gasteiger partial charge in [0, 0.05) is 25.3 Å². The molecule has 10 nitrogen and oxygen atoms in total. The highest BCUT2D eigenvalue weighted by atomic mass is 32.2. The van der Waals surface area contributed by atoms with Crippen LogP contribution in [-0.4, -0.2) is 44.7 Å². The van der Waals surface area contributed by atoms with E-state index in [2.05, 4.69) is 19.3 Å². The van der Waals surface area contributed by atoms with Gasteiger partial charge in [-0.25, -0.2) is 27.6 Å². The normalized spacial score (nSPS) is 13.8. The van der Waals surface area contributed by atoms with Crippen molar-refractivity contribution >= 4 is 36.6 Å². The van der Waals surface area contributed by atoms with Gasteiger partial charge in [-0.1, -0.05) is 13.0 Å². The minimum Gasteiger partial charge on any atom is -0.437 e. The van der Waals surface area contributed by atoms with Crippen molar-refractivity contribution in [3.8, 4) is 23.2 Å². The summed E-state index contributed by atoms with van der Waals surface area (Å²) in [7, 11) is -9.04. The Kier molecular flexibility index (Phi) is 6.77. The van der Waals surface area contributed by atoms with E-state index in [0.717, 1.165) is 25.1 Å². The lowest BCUT2D eigenvalue weighted by Crippen LogP contribution is -2.24. The van der Waals surface area contributed by atoms with Gasteiger partial charge in [0.2, 0.25) is 11.8 Å². The Morgan fingerprint density at radius 2 is 1.86 bits per heavy atom. The van der Waals surface area contributed by atoms with E-state index in [-0.39, 0.29) is 45.0 Å². The molecule has 0 saturated carbocycles.